The van der Waals surface area contributed by atoms with E-state index < -0.39 is 21.9 Å². The van der Waals surface area contributed by atoms with E-state index in [0.717, 1.165) is 12.0 Å². The number of hydrogen-bond donors (Lipinski definition) is 3. The van der Waals surface area contributed by atoms with Gasteiger partial charge >= 0.3 is 16.9 Å². The number of amides is 1. The van der Waals surface area contributed by atoms with E-state index in [1.54, 1.807) is 18.2 Å². The quantitative estimate of drug-likeness (QED) is 0.323. The highest BCUT2D eigenvalue weighted by atomic mass is 16.6. The van der Waals surface area contributed by atoms with Crippen molar-refractivity contribution in [2.24, 2.45) is 0 Å². The maximum atomic E-state index is 12.2. The lowest BCUT2D eigenvalue weighted by Crippen LogP contribution is -2.25. The number of H-pyrrole nitrogens is 2. The molecule has 1 amide bonds. The number of carbonyl (C=O) groups excluding carboxylic acids is 1. The average Bonchev–Trinajstić information content (AvgIpc) is 2.81. The van der Waals surface area contributed by atoms with Crippen LogP contribution in [0.1, 0.15) is 23.7 Å². The van der Waals surface area contributed by atoms with Gasteiger partial charge in [-0.3, -0.25) is 24.7 Å². The molecule has 11 nitrogen and oxygen atoms in total. The number of aromatic nitrogens is 2. The lowest BCUT2D eigenvalue weighted by Gasteiger charge is -2.12. The molecule has 0 aliphatic heterocycles. The first-order valence-electron chi connectivity index (χ1n) is 10.2. The fraction of sp³-hybridized carbons (Fsp3) is 0.174. The molecule has 34 heavy (non-hydrogen) atoms. The summed E-state index contributed by atoms with van der Waals surface area (Å²) in [5, 5.41) is 13.9. The summed E-state index contributed by atoms with van der Waals surface area (Å²) in [7, 11) is 1.42. The minimum Gasteiger partial charge on any atom is -0.493 e. The number of benzene rings is 2. The maximum Gasteiger partial charge on any atom is 0.357 e. The molecule has 0 saturated carbocycles. The van der Waals surface area contributed by atoms with E-state index in [-0.39, 0.29) is 18.2 Å². The molecular weight excluding hydrogens is 444 g/mol. The Morgan fingerprint density at radius 1 is 1.09 bits per heavy atom. The molecular formula is C23H22N4O7. The fourth-order valence-electron chi connectivity index (χ4n) is 3.05. The maximum absolute atomic E-state index is 12.2. The van der Waals surface area contributed by atoms with Crippen LogP contribution in [0.3, 0.4) is 0 Å². The first-order chi connectivity index (χ1) is 16.3. The number of rotatable bonds is 9. The molecule has 0 bridgehead atoms. The highest BCUT2D eigenvalue weighted by Gasteiger charge is 2.18. The summed E-state index contributed by atoms with van der Waals surface area (Å²) < 4.78 is 10.9. The zero-order valence-corrected chi connectivity index (χ0v) is 18.4. The van der Waals surface area contributed by atoms with Gasteiger partial charge in [0.25, 0.3) is 5.91 Å². The third-order valence-corrected chi connectivity index (χ3v) is 4.76. The molecule has 0 spiro atoms. The van der Waals surface area contributed by atoms with Crippen molar-refractivity contribution >= 4 is 29.4 Å². The van der Waals surface area contributed by atoms with Gasteiger partial charge in [-0.2, -0.15) is 0 Å². The average molecular weight is 466 g/mol. The van der Waals surface area contributed by atoms with Gasteiger partial charge in [-0.25, -0.2) is 4.79 Å². The van der Waals surface area contributed by atoms with Crippen molar-refractivity contribution in [1.29, 1.82) is 0 Å². The van der Waals surface area contributed by atoms with Gasteiger partial charge in [-0.1, -0.05) is 31.2 Å². The number of nitrogens with one attached hydrogen (secondary N) is 3. The van der Waals surface area contributed by atoms with Crippen LogP contribution in [0.15, 0.2) is 52.1 Å². The summed E-state index contributed by atoms with van der Waals surface area (Å²) in [4.78, 5) is 49.7. The molecule has 3 rings (SSSR count). The summed E-state index contributed by atoms with van der Waals surface area (Å²) in [5.74, 6) is 0.281. The van der Waals surface area contributed by atoms with Crippen LogP contribution >= 0.6 is 0 Å². The minimum absolute atomic E-state index is 0.248. The molecule has 1 aromatic heterocycles. The van der Waals surface area contributed by atoms with Crippen LogP contribution in [-0.4, -0.2) is 34.5 Å². The second kappa shape index (κ2) is 10.8. The topological polar surface area (TPSA) is 156 Å². The highest BCUT2D eigenvalue weighted by Crippen LogP contribution is 2.29. The minimum atomic E-state index is -1.10. The number of nitro groups is 1. The third-order valence-electron chi connectivity index (χ3n) is 4.76. The van der Waals surface area contributed by atoms with E-state index >= 15 is 0 Å². The van der Waals surface area contributed by atoms with E-state index in [4.69, 9.17) is 9.47 Å². The molecule has 1 heterocycles. The molecule has 2 aromatic carbocycles. The number of carbonyl (C=O) groups is 1. The summed E-state index contributed by atoms with van der Waals surface area (Å²) in [6.07, 6.45) is 3.60. The fourth-order valence-corrected chi connectivity index (χ4v) is 3.05. The van der Waals surface area contributed by atoms with Crippen LogP contribution in [0.25, 0.3) is 12.2 Å². The molecule has 0 radical (unpaired) electrons. The summed E-state index contributed by atoms with van der Waals surface area (Å²) in [6.45, 7) is 1.80. The van der Waals surface area contributed by atoms with Crippen LogP contribution in [-0.2, 0) is 11.2 Å². The van der Waals surface area contributed by atoms with Crippen LogP contribution in [0, 0.1) is 10.1 Å². The Balaban J connectivity index is 1.71. The van der Waals surface area contributed by atoms with E-state index in [9.17, 15) is 24.5 Å². The molecule has 0 aliphatic rings. The van der Waals surface area contributed by atoms with Crippen molar-refractivity contribution < 1.29 is 19.2 Å². The summed E-state index contributed by atoms with van der Waals surface area (Å²) in [5.41, 5.74) is -0.636. The Kier molecular flexibility index (Phi) is 7.60. The molecule has 0 aliphatic carbocycles. The van der Waals surface area contributed by atoms with E-state index in [0.29, 0.717) is 22.7 Å². The zero-order valence-electron chi connectivity index (χ0n) is 18.4. The van der Waals surface area contributed by atoms with Crippen LogP contribution in [0.5, 0.6) is 11.5 Å². The van der Waals surface area contributed by atoms with Gasteiger partial charge in [0.1, 0.15) is 5.69 Å². The monoisotopic (exact) mass is 466 g/mol. The van der Waals surface area contributed by atoms with Crippen molar-refractivity contribution in [3.8, 4) is 11.5 Å². The van der Waals surface area contributed by atoms with Crippen LogP contribution < -0.4 is 26.0 Å². The van der Waals surface area contributed by atoms with Gasteiger partial charge in [-0.05, 0) is 47.9 Å². The Morgan fingerprint density at radius 3 is 2.47 bits per heavy atom. The van der Waals surface area contributed by atoms with Crippen molar-refractivity contribution in [1.82, 2.24) is 9.97 Å². The molecule has 0 unspecified atom stereocenters. The largest absolute Gasteiger partial charge is 0.493 e. The van der Waals surface area contributed by atoms with Crippen molar-refractivity contribution in [2.45, 2.75) is 13.3 Å². The van der Waals surface area contributed by atoms with E-state index in [1.165, 1.54) is 19.3 Å². The molecule has 176 valence electrons. The van der Waals surface area contributed by atoms with E-state index in [2.05, 4.69) is 10.3 Å². The molecule has 0 atom stereocenters. The van der Waals surface area contributed by atoms with Gasteiger partial charge in [0.05, 0.1) is 12.0 Å². The van der Waals surface area contributed by atoms with Crippen molar-refractivity contribution in [3.05, 3.63) is 90.2 Å². The predicted octanol–water partition coefficient (Wildman–Crippen LogP) is 2.73. The van der Waals surface area contributed by atoms with Crippen LogP contribution in [0.2, 0.25) is 0 Å². The van der Waals surface area contributed by atoms with Gasteiger partial charge < -0.3 is 19.8 Å². The van der Waals surface area contributed by atoms with Gasteiger partial charge in [0.15, 0.2) is 18.1 Å². The van der Waals surface area contributed by atoms with Gasteiger partial charge in [0, 0.05) is 5.69 Å². The number of aryl methyl sites for hydroxylation is 1. The van der Waals surface area contributed by atoms with Gasteiger partial charge in [-0.15, -0.1) is 0 Å². The first-order valence-corrected chi connectivity index (χ1v) is 10.2. The Morgan fingerprint density at radius 2 is 1.82 bits per heavy atom. The smallest absolute Gasteiger partial charge is 0.357 e. The van der Waals surface area contributed by atoms with Crippen LogP contribution in [0.4, 0.5) is 11.4 Å². The Bertz CT molecular complexity index is 1340. The number of nitrogens with zero attached hydrogens (tertiary/aromatic N) is 1. The van der Waals surface area contributed by atoms with Crippen molar-refractivity contribution in [2.75, 3.05) is 19.0 Å². The Labute approximate surface area is 193 Å². The molecule has 0 saturated heterocycles. The van der Waals surface area contributed by atoms with E-state index in [1.807, 2.05) is 36.2 Å². The number of ether oxygens (including phenoxy) is 2. The molecule has 0 fully saturated rings. The second-order valence-corrected chi connectivity index (χ2v) is 7.06. The predicted molar refractivity (Wildman–Crippen MR) is 126 cm³/mol. The molecule has 3 N–H and O–H groups in total. The SMILES string of the molecule is CCc1ccc(NC(=O)COc2ccc(/C=C/c3[nH]c(=O)[nH]c(=O)c3[N+](=O)[O-])cc2OC)cc1. The normalized spacial score (nSPS) is 10.8. The number of anilines is 1. The Hall–Kier alpha value is -4.67. The zero-order chi connectivity index (χ0) is 24.7. The number of hydrogen-bond acceptors (Lipinski definition) is 7. The summed E-state index contributed by atoms with van der Waals surface area (Å²) >= 11 is 0. The number of aromatic amines is 2. The van der Waals surface area contributed by atoms with Crippen molar-refractivity contribution in [3.63, 3.8) is 0 Å². The second-order valence-electron chi connectivity index (χ2n) is 7.06. The molecule has 11 heteroatoms. The first kappa shape index (κ1) is 24.0. The lowest BCUT2D eigenvalue weighted by atomic mass is 10.1. The molecule has 3 aromatic rings. The number of methoxy groups -OCH3 is 1. The standard InChI is InChI=1S/C23H22N4O7/c1-3-14-4-8-16(9-5-14)24-20(28)13-34-18-11-7-15(12-19(18)33-2)6-10-17-21(27(31)32)22(29)26-23(30)25-17/h4-12H,3,13H2,1-2H3,(H,24,28)(H2,25,26,29,30)/b10-6+. The summed E-state index contributed by atoms with van der Waals surface area (Å²) in [6, 6.07) is 12.3. The third kappa shape index (κ3) is 5.97. The highest BCUT2D eigenvalue weighted by molar-refractivity contribution is 5.91. The van der Waals surface area contributed by atoms with Gasteiger partial charge in [0.2, 0.25) is 0 Å². The lowest BCUT2D eigenvalue weighted by molar-refractivity contribution is -0.386.